The summed E-state index contributed by atoms with van der Waals surface area (Å²) in [6.07, 6.45) is 3.35. The Morgan fingerprint density at radius 1 is 1.13 bits per heavy atom. The Morgan fingerprint density at radius 3 is 2.53 bits per heavy atom. The average Bonchev–Trinajstić information content (AvgIpc) is 3.35. The van der Waals surface area contributed by atoms with Gasteiger partial charge in [0.15, 0.2) is 0 Å². The summed E-state index contributed by atoms with van der Waals surface area (Å²) in [5.74, 6) is -2.37. The molecule has 38 heavy (non-hydrogen) atoms. The smallest absolute Gasteiger partial charge is 0.418 e. The Labute approximate surface area is 227 Å². The summed E-state index contributed by atoms with van der Waals surface area (Å²) < 4.78 is 20.0. The van der Waals surface area contributed by atoms with Crippen LogP contribution in [-0.2, 0) is 37.7 Å². The van der Waals surface area contributed by atoms with Crippen molar-refractivity contribution in [3.8, 4) is 0 Å². The highest BCUT2D eigenvalue weighted by Crippen LogP contribution is 2.46. The van der Waals surface area contributed by atoms with E-state index in [9.17, 15) is 23.6 Å². The molecule has 1 saturated carbocycles. The van der Waals surface area contributed by atoms with E-state index in [1.807, 2.05) is 6.07 Å². The average molecular weight is 585 g/mol. The molecule has 0 aromatic heterocycles. The molecule has 1 spiro atoms. The second-order valence-electron chi connectivity index (χ2n) is 9.91. The van der Waals surface area contributed by atoms with Crippen LogP contribution >= 0.6 is 15.9 Å². The van der Waals surface area contributed by atoms with Gasteiger partial charge in [0.2, 0.25) is 11.5 Å². The largest absolute Gasteiger partial charge is 0.478 e. The van der Waals surface area contributed by atoms with Crippen molar-refractivity contribution in [2.24, 2.45) is 0 Å². The lowest BCUT2D eigenvalue weighted by Gasteiger charge is -2.36. The highest BCUT2D eigenvalue weighted by Gasteiger charge is 2.58. The molecule has 2 aliphatic carbocycles. The van der Waals surface area contributed by atoms with Crippen LogP contribution in [0.3, 0.4) is 0 Å². The standard InChI is InChI=1S/C28H26BrFN2O6/c29-20-5-10-23-19(14-20)11-12-28(23)26(36)32(27(37)38-28)16-24(33)31(15-18-1-6-21(30)7-2-18)22-8-3-17(4-9-22)13-25(34)35/h1-2,5-7,10,13-14,22H,3-4,8-9,11-12,15-16H2,(H,34,35)/t22?,28-/m1/s1. The van der Waals surface area contributed by atoms with E-state index >= 15 is 0 Å². The molecular weight excluding hydrogens is 559 g/mol. The predicted octanol–water partition coefficient (Wildman–Crippen LogP) is 4.69. The van der Waals surface area contributed by atoms with Crippen LogP contribution in [0.1, 0.15) is 48.8 Å². The van der Waals surface area contributed by atoms with Gasteiger partial charge in [-0.15, -0.1) is 0 Å². The summed E-state index contributed by atoms with van der Waals surface area (Å²) in [5.41, 5.74) is 1.64. The van der Waals surface area contributed by atoms with Gasteiger partial charge < -0.3 is 14.7 Å². The molecule has 0 unspecified atom stereocenters. The molecule has 5 rings (SSSR count). The zero-order valence-corrected chi connectivity index (χ0v) is 22.1. The summed E-state index contributed by atoms with van der Waals surface area (Å²) in [5, 5.41) is 9.06. The third-order valence-electron chi connectivity index (χ3n) is 7.57. The number of amides is 3. The van der Waals surface area contributed by atoms with Gasteiger partial charge in [-0.25, -0.2) is 18.9 Å². The van der Waals surface area contributed by atoms with Gasteiger partial charge in [-0.3, -0.25) is 9.59 Å². The van der Waals surface area contributed by atoms with Crippen molar-refractivity contribution in [1.29, 1.82) is 0 Å². The molecule has 1 atom stereocenters. The number of fused-ring (bicyclic) bond motifs is 2. The van der Waals surface area contributed by atoms with E-state index in [4.69, 9.17) is 9.84 Å². The molecule has 1 aliphatic heterocycles. The number of carbonyl (C=O) groups is 4. The molecular formula is C28H26BrFN2O6. The number of carbonyl (C=O) groups excluding carboxylic acids is 3. The first-order valence-corrected chi connectivity index (χ1v) is 13.3. The molecule has 3 aliphatic rings. The number of rotatable bonds is 6. The van der Waals surface area contributed by atoms with Gasteiger partial charge in [0.1, 0.15) is 12.4 Å². The van der Waals surface area contributed by atoms with Crippen molar-refractivity contribution in [2.75, 3.05) is 6.54 Å². The predicted molar refractivity (Wildman–Crippen MR) is 137 cm³/mol. The van der Waals surface area contributed by atoms with Crippen LogP contribution in [0.15, 0.2) is 58.6 Å². The lowest BCUT2D eigenvalue weighted by Crippen LogP contribution is -2.48. The van der Waals surface area contributed by atoms with E-state index in [0.717, 1.165) is 20.5 Å². The molecule has 1 N–H and O–H groups in total. The number of carboxylic acid groups (broad SMARTS) is 1. The topological polar surface area (TPSA) is 104 Å². The summed E-state index contributed by atoms with van der Waals surface area (Å²) in [7, 11) is 0. The molecule has 1 saturated heterocycles. The summed E-state index contributed by atoms with van der Waals surface area (Å²) in [6.45, 7) is -0.304. The van der Waals surface area contributed by atoms with E-state index in [0.29, 0.717) is 49.7 Å². The Hall–Kier alpha value is -3.53. The van der Waals surface area contributed by atoms with Gasteiger partial charge in [-0.05, 0) is 67.5 Å². The van der Waals surface area contributed by atoms with Gasteiger partial charge in [-0.2, -0.15) is 0 Å². The number of aryl methyl sites for hydroxylation is 1. The molecule has 2 aromatic carbocycles. The molecule has 1 heterocycles. The minimum atomic E-state index is -1.42. The Bertz CT molecular complexity index is 1330. The van der Waals surface area contributed by atoms with Gasteiger partial charge >= 0.3 is 12.1 Å². The first-order chi connectivity index (χ1) is 18.2. The number of halogens is 2. The monoisotopic (exact) mass is 584 g/mol. The second kappa shape index (κ2) is 10.3. The molecule has 10 heteroatoms. The highest BCUT2D eigenvalue weighted by atomic mass is 79.9. The van der Waals surface area contributed by atoms with Crippen molar-refractivity contribution in [3.63, 3.8) is 0 Å². The van der Waals surface area contributed by atoms with Gasteiger partial charge in [0.05, 0.1) is 0 Å². The van der Waals surface area contributed by atoms with Crippen molar-refractivity contribution in [1.82, 2.24) is 9.80 Å². The Kier molecular flexibility index (Phi) is 7.09. The number of ether oxygens (including phenoxy) is 1. The van der Waals surface area contributed by atoms with Crippen molar-refractivity contribution in [2.45, 2.75) is 56.7 Å². The molecule has 3 amide bonds. The quantitative estimate of drug-likeness (QED) is 0.494. The summed E-state index contributed by atoms with van der Waals surface area (Å²) in [4.78, 5) is 53.7. The minimum absolute atomic E-state index is 0.167. The van der Waals surface area contributed by atoms with Gasteiger partial charge in [-0.1, -0.05) is 39.7 Å². The first-order valence-electron chi connectivity index (χ1n) is 12.5. The van der Waals surface area contributed by atoms with E-state index in [1.54, 1.807) is 29.2 Å². The third-order valence-corrected chi connectivity index (χ3v) is 8.06. The third kappa shape index (κ3) is 4.97. The van der Waals surface area contributed by atoms with Crippen molar-refractivity contribution >= 4 is 39.8 Å². The fraction of sp³-hybridized carbons (Fsp3) is 0.357. The number of hydrogen-bond donors (Lipinski definition) is 1. The number of aliphatic carboxylic acids is 1. The van der Waals surface area contributed by atoms with Gasteiger partial charge in [0.25, 0.3) is 5.91 Å². The molecule has 8 nitrogen and oxygen atoms in total. The number of hydrogen-bond acceptors (Lipinski definition) is 5. The van der Waals surface area contributed by atoms with E-state index < -0.39 is 41.8 Å². The highest BCUT2D eigenvalue weighted by molar-refractivity contribution is 9.10. The maximum atomic E-state index is 13.6. The molecule has 198 valence electrons. The van der Waals surface area contributed by atoms with Crippen LogP contribution in [0, 0.1) is 5.82 Å². The molecule has 0 radical (unpaired) electrons. The van der Waals surface area contributed by atoms with Gasteiger partial charge in [0, 0.05) is 35.1 Å². The fourth-order valence-corrected chi connectivity index (χ4v) is 6.07. The maximum absolute atomic E-state index is 13.6. The SMILES string of the molecule is O=C(O)C=C1CCC(N(Cc2ccc(F)cc2)C(=O)CN2C(=O)O[C@@]3(CCc4cc(Br)ccc43)C2=O)CC1. The maximum Gasteiger partial charge on any atom is 0.418 e. The molecule has 2 fully saturated rings. The first kappa shape index (κ1) is 26.1. The Balaban J connectivity index is 1.36. The van der Waals surface area contributed by atoms with Crippen LogP contribution < -0.4 is 0 Å². The fourth-order valence-electron chi connectivity index (χ4n) is 5.66. The Morgan fingerprint density at radius 2 is 1.84 bits per heavy atom. The summed E-state index contributed by atoms with van der Waals surface area (Å²) >= 11 is 3.43. The van der Waals surface area contributed by atoms with E-state index in [-0.39, 0.29) is 12.6 Å². The normalized spacial score (nSPS) is 22.4. The van der Waals surface area contributed by atoms with Crippen molar-refractivity contribution in [3.05, 3.63) is 81.1 Å². The van der Waals surface area contributed by atoms with E-state index in [1.165, 1.54) is 18.2 Å². The van der Waals surface area contributed by atoms with Crippen LogP contribution in [0.25, 0.3) is 0 Å². The minimum Gasteiger partial charge on any atom is -0.478 e. The summed E-state index contributed by atoms with van der Waals surface area (Å²) in [6, 6.07) is 11.0. The van der Waals surface area contributed by atoms with Crippen LogP contribution in [0.4, 0.5) is 9.18 Å². The molecule has 0 bridgehead atoms. The zero-order valence-electron chi connectivity index (χ0n) is 20.5. The van der Waals surface area contributed by atoms with E-state index in [2.05, 4.69) is 15.9 Å². The lowest BCUT2D eigenvalue weighted by atomic mass is 9.89. The number of carboxylic acids is 1. The number of imide groups is 1. The van der Waals surface area contributed by atoms with Crippen LogP contribution in [-0.4, -0.2) is 51.4 Å². The molecule has 2 aromatic rings. The van der Waals surface area contributed by atoms with Crippen molar-refractivity contribution < 1.29 is 33.4 Å². The van der Waals surface area contributed by atoms with Crippen LogP contribution in [0.2, 0.25) is 0 Å². The number of nitrogens with zero attached hydrogens (tertiary/aromatic N) is 2. The number of benzene rings is 2. The van der Waals surface area contributed by atoms with Crippen LogP contribution in [0.5, 0.6) is 0 Å². The zero-order chi connectivity index (χ0) is 27.0. The second-order valence-corrected chi connectivity index (χ2v) is 10.8. The lowest BCUT2D eigenvalue weighted by molar-refractivity contribution is -0.143. The number of allylic oxidation sites excluding steroid dienone is 1.